The quantitative estimate of drug-likeness (QED) is 0.458. The topological polar surface area (TPSA) is 83.0 Å². The van der Waals surface area contributed by atoms with E-state index < -0.39 is 5.63 Å². The number of ether oxygens (including phenoxy) is 1. The number of hydrogen-bond acceptors (Lipinski definition) is 6. The lowest BCUT2D eigenvalue weighted by molar-refractivity contribution is 0.462. The third-order valence-electron chi connectivity index (χ3n) is 4.15. The van der Waals surface area contributed by atoms with Crippen molar-refractivity contribution in [2.45, 2.75) is 0 Å². The van der Waals surface area contributed by atoms with Gasteiger partial charge in [0.25, 0.3) is 0 Å². The number of para-hydroxylation sites is 2. The molecule has 0 saturated heterocycles. The van der Waals surface area contributed by atoms with Crippen LogP contribution in [0.3, 0.4) is 0 Å². The lowest BCUT2D eigenvalue weighted by Gasteiger charge is -2.08. The average Bonchev–Trinajstić information content (AvgIpc) is 3.14. The van der Waals surface area contributed by atoms with E-state index in [2.05, 4.69) is 15.1 Å². The second-order valence-electron chi connectivity index (χ2n) is 5.84. The van der Waals surface area contributed by atoms with Crippen LogP contribution in [0.2, 0.25) is 0 Å². The Labute approximate surface area is 152 Å². The average molecular weight is 356 g/mol. The summed E-state index contributed by atoms with van der Waals surface area (Å²) in [7, 11) is 0. The molecule has 3 heterocycles. The second-order valence-corrected chi connectivity index (χ2v) is 5.84. The third-order valence-corrected chi connectivity index (χ3v) is 4.15. The standard InChI is InChI=1S/C20H12N4O3/c25-18-10-17(14-8-4-5-9-16(14)26-18)27-20-15-11-23-24(19(15)21-12-22-20)13-6-2-1-3-7-13/h1-12H. The van der Waals surface area contributed by atoms with Gasteiger partial charge in [-0.3, -0.25) is 0 Å². The van der Waals surface area contributed by atoms with E-state index in [9.17, 15) is 4.79 Å². The van der Waals surface area contributed by atoms with Crippen molar-refractivity contribution in [1.82, 2.24) is 19.7 Å². The lowest BCUT2D eigenvalue weighted by atomic mass is 10.2. The smallest absolute Gasteiger partial charge is 0.339 e. The molecule has 130 valence electrons. The molecular formula is C20H12N4O3. The minimum Gasteiger partial charge on any atom is -0.437 e. The molecule has 0 N–H and O–H groups in total. The Morgan fingerprint density at radius 2 is 1.74 bits per heavy atom. The van der Waals surface area contributed by atoms with E-state index in [0.717, 1.165) is 5.69 Å². The molecule has 7 nitrogen and oxygen atoms in total. The summed E-state index contributed by atoms with van der Waals surface area (Å²) < 4.78 is 12.9. The first-order valence-electron chi connectivity index (χ1n) is 8.24. The van der Waals surface area contributed by atoms with Crippen LogP contribution in [0.25, 0.3) is 27.7 Å². The number of nitrogens with zero attached hydrogens (tertiary/aromatic N) is 4. The van der Waals surface area contributed by atoms with Crippen LogP contribution < -0.4 is 10.4 Å². The van der Waals surface area contributed by atoms with Gasteiger partial charge in [0.1, 0.15) is 23.0 Å². The molecule has 0 spiro atoms. The largest absolute Gasteiger partial charge is 0.437 e. The summed E-state index contributed by atoms with van der Waals surface area (Å²) in [6.07, 6.45) is 3.05. The zero-order chi connectivity index (χ0) is 18.2. The molecule has 0 aliphatic rings. The highest BCUT2D eigenvalue weighted by Gasteiger charge is 2.15. The van der Waals surface area contributed by atoms with Crippen molar-refractivity contribution in [2.24, 2.45) is 0 Å². The predicted molar refractivity (Wildman–Crippen MR) is 99.2 cm³/mol. The van der Waals surface area contributed by atoms with Crippen LogP contribution in [0.4, 0.5) is 0 Å². The maximum Gasteiger partial charge on any atom is 0.339 e. The number of fused-ring (bicyclic) bond motifs is 2. The Bertz CT molecular complexity index is 1330. The van der Waals surface area contributed by atoms with E-state index in [4.69, 9.17) is 9.15 Å². The zero-order valence-corrected chi connectivity index (χ0v) is 13.9. The fourth-order valence-electron chi connectivity index (χ4n) is 2.93. The molecule has 0 radical (unpaired) electrons. The highest BCUT2D eigenvalue weighted by molar-refractivity contribution is 5.85. The number of aromatic nitrogens is 4. The van der Waals surface area contributed by atoms with Crippen molar-refractivity contribution in [3.8, 4) is 17.3 Å². The SMILES string of the molecule is O=c1cc(Oc2ncnc3c2cnn3-c2ccccc2)c2ccccc2o1. The number of rotatable bonds is 3. The van der Waals surface area contributed by atoms with Gasteiger partial charge in [-0.15, -0.1) is 0 Å². The maximum absolute atomic E-state index is 11.9. The molecule has 7 heteroatoms. The van der Waals surface area contributed by atoms with Gasteiger partial charge in [-0.25, -0.2) is 19.4 Å². The molecule has 0 saturated carbocycles. The van der Waals surface area contributed by atoms with Crippen LogP contribution in [0.5, 0.6) is 11.6 Å². The highest BCUT2D eigenvalue weighted by Crippen LogP contribution is 2.31. The van der Waals surface area contributed by atoms with Crippen molar-refractivity contribution in [3.05, 3.63) is 83.6 Å². The number of benzene rings is 2. The van der Waals surface area contributed by atoms with Crippen LogP contribution in [-0.4, -0.2) is 19.7 Å². The minimum absolute atomic E-state index is 0.318. The summed E-state index contributed by atoms with van der Waals surface area (Å²) in [5, 5.41) is 5.72. The first kappa shape index (κ1) is 15.3. The van der Waals surface area contributed by atoms with Crippen LogP contribution in [0.15, 0.2) is 82.4 Å². The van der Waals surface area contributed by atoms with E-state index in [1.165, 1.54) is 12.4 Å². The predicted octanol–water partition coefficient (Wildman–Crippen LogP) is 3.71. The van der Waals surface area contributed by atoms with Gasteiger partial charge in [-0.2, -0.15) is 5.10 Å². The molecule has 0 aliphatic heterocycles. The van der Waals surface area contributed by atoms with E-state index in [1.54, 1.807) is 23.0 Å². The van der Waals surface area contributed by atoms with E-state index in [0.29, 0.717) is 33.6 Å². The van der Waals surface area contributed by atoms with E-state index in [-0.39, 0.29) is 0 Å². The van der Waals surface area contributed by atoms with Crippen LogP contribution >= 0.6 is 0 Å². The Balaban J connectivity index is 1.65. The van der Waals surface area contributed by atoms with Gasteiger partial charge in [-0.05, 0) is 24.3 Å². The van der Waals surface area contributed by atoms with Crippen molar-refractivity contribution in [1.29, 1.82) is 0 Å². The summed E-state index contributed by atoms with van der Waals surface area (Å²) in [4.78, 5) is 20.4. The molecule has 27 heavy (non-hydrogen) atoms. The molecule has 5 aromatic rings. The highest BCUT2D eigenvalue weighted by atomic mass is 16.5. The Kier molecular flexibility index (Phi) is 3.43. The van der Waals surface area contributed by atoms with Gasteiger partial charge in [0.15, 0.2) is 5.65 Å². The molecule has 3 aromatic heterocycles. The molecule has 0 unspecified atom stereocenters. The third kappa shape index (κ3) is 2.62. The molecule has 0 amide bonds. The monoisotopic (exact) mass is 356 g/mol. The van der Waals surface area contributed by atoms with Gasteiger partial charge < -0.3 is 9.15 Å². The van der Waals surface area contributed by atoms with E-state index >= 15 is 0 Å². The molecule has 5 rings (SSSR count). The summed E-state index contributed by atoms with van der Waals surface area (Å²) in [5.74, 6) is 0.687. The van der Waals surface area contributed by atoms with Gasteiger partial charge in [0.05, 0.1) is 23.3 Å². The van der Waals surface area contributed by atoms with Crippen molar-refractivity contribution in [3.63, 3.8) is 0 Å². The first-order chi connectivity index (χ1) is 13.3. The van der Waals surface area contributed by atoms with Crippen molar-refractivity contribution >= 4 is 22.0 Å². The summed E-state index contributed by atoms with van der Waals surface area (Å²) in [5.41, 5.74) is 1.45. The van der Waals surface area contributed by atoms with Crippen LogP contribution in [-0.2, 0) is 0 Å². The summed E-state index contributed by atoms with van der Waals surface area (Å²) >= 11 is 0. The van der Waals surface area contributed by atoms with Crippen molar-refractivity contribution in [2.75, 3.05) is 0 Å². The van der Waals surface area contributed by atoms with Gasteiger partial charge in [0.2, 0.25) is 5.88 Å². The first-order valence-corrected chi connectivity index (χ1v) is 8.24. The Hall–Kier alpha value is -4.00. The van der Waals surface area contributed by atoms with Gasteiger partial charge in [-0.1, -0.05) is 30.3 Å². The van der Waals surface area contributed by atoms with E-state index in [1.807, 2.05) is 42.5 Å². The minimum atomic E-state index is -0.492. The molecule has 0 bridgehead atoms. The van der Waals surface area contributed by atoms with Gasteiger partial charge >= 0.3 is 5.63 Å². The Morgan fingerprint density at radius 1 is 0.926 bits per heavy atom. The molecule has 0 aliphatic carbocycles. The molecule has 0 atom stereocenters. The summed E-state index contributed by atoms with van der Waals surface area (Å²) in [6, 6.07) is 18.1. The molecular weight excluding hydrogens is 344 g/mol. The lowest BCUT2D eigenvalue weighted by Crippen LogP contribution is -2.00. The maximum atomic E-state index is 11.9. The van der Waals surface area contributed by atoms with Gasteiger partial charge in [0, 0.05) is 0 Å². The zero-order valence-electron chi connectivity index (χ0n) is 13.9. The van der Waals surface area contributed by atoms with Crippen molar-refractivity contribution < 1.29 is 9.15 Å². The summed E-state index contributed by atoms with van der Waals surface area (Å²) in [6.45, 7) is 0. The fourth-order valence-corrected chi connectivity index (χ4v) is 2.93. The Morgan fingerprint density at radius 3 is 2.63 bits per heavy atom. The second kappa shape index (κ2) is 6.06. The van der Waals surface area contributed by atoms with Crippen LogP contribution in [0, 0.1) is 0 Å². The fraction of sp³-hybridized carbons (Fsp3) is 0. The molecule has 2 aromatic carbocycles. The number of hydrogen-bond donors (Lipinski definition) is 0. The normalized spacial score (nSPS) is 11.1. The molecule has 0 fully saturated rings. The van der Waals surface area contributed by atoms with Crippen LogP contribution in [0.1, 0.15) is 0 Å².